The Kier molecular flexibility index (Phi) is 8.08. The topological polar surface area (TPSA) is 71.5 Å². The lowest BCUT2D eigenvalue weighted by molar-refractivity contribution is -0.382. The van der Waals surface area contributed by atoms with E-state index >= 15 is 0 Å². The Morgan fingerprint density at radius 1 is 0.436 bits per heavy atom. The highest BCUT2D eigenvalue weighted by atomic mass is 32.3. The van der Waals surface area contributed by atoms with Crippen molar-refractivity contribution < 1.29 is 95.9 Å². The summed E-state index contributed by atoms with van der Waals surface area (Å²) in [6.45, 7) is 0. The number of sulfonamides is 2. The maximum absolute atomic E-state index is 14.2. The van der Waals surface area contributed by atoms with Gasteiger partial charge in [-0.05, 0) is 12.1 Å². The molecule has 0 radical (unpaired) electrons. The molecule has 25 heteroatoms. The molecule has 0 N–H and O–H groups in total. The zero-order chi connectivity index (χ0) is 31.7. The second-order valence-electron chi connectivity index (χ2n) is 6.87. The van der Waals surface area contributed by atoms with Gasteiger partial charge < -0.3 is 0 Å². The van der Waals surface area contributed by atoms with Gasteiger partial charge in [-0.1, -0.05) is 18.2 Å². The first-order valence-electron chi connectivity index (χ1n) is 8.48. The van der Waals surface area contributed by atoms with Crippen LogP contribution in [-0.4, -0.2) is 63.4 Å². The third-order valence-corrected chi connectivity index (χ3v) is 8.56. The summed E-state index contributed by atoms with van der Waals surface area (Å²) in [6, 6.07) is 0.0713. The second-order valence-corrected chi connectivity index (χ2v) is 10.8. The minimum absolute atomic E-state index is 0.161. The maximum atomic E-state index is 14.2. The fraction of sp³-hybridized carbons (Fsp3) is 0.571. The number of alkyl halides is 18. The normalized spacial score (nSPS) is 15.8. The number of benzene rings is 1. The van der Waals surface area contributed by atoms with Crippen LogP contribution < -0.4 is 3.71 Å². The van der Waals surface area contributed by atoms with E-state index in [9.17, 15) is 95.9 Å². The van der Waals surface area contributed by atoms with Gasteiger partial charge in [0.05, 0.1) is 5.69 Å². The van der Waals surface area contributed by atoms with E-state index in [-0.39, 0.29) is 12.1 Å². The number of para-hydroxylation sites is 1. The Hall–Kier alpha value is -2.34. The third-order valence-electron chi connectivity index (χ3n) is 4.28. The van der Waals surface area contributed by atoms with Crippen molar-refractivity contribution in [3.05, 3.63) is 30.3 Å². The molecule has 0 fully saturated rings. The summed E-state index contributed by atoms with van der Waals surface area (Å²) < 4.78 is 283. The Labute approximate surface area is 203 Å². The van der Waals surface area contributed by atoms with Crippen LogP contribution in [-0.2, 0) is 20.0 Å². The summed E-state index contributed by atoms with van der Waals surface area (Å²) in [4.78, 5) is 0. The first-order chi connectivity index (χ1) is 16.7. The fourth-order valence-electron chi connectivity index (χ4n) is 2.21. The van der Waals surface area contributed by atoms with Gasteiger partial charge in [0.1, 0.15) is 0 Å². The van der Waals surface area contributed by atoms with Gasteiger partial charge in [0.2, 0.25) is 0 Å². The van der Waals surface area contributed by atoms with Crippen molar-refractivity contribution in [1.82, 2.24) is 0 Å². The molecule has 0 aromatic heterocycles. The largest absolute Gasteiger partial charge is 0.460 e. The van der Waals surface area contributed by atoms with Gasteiger partial charge in [0.25, 0.3) is 0 Å². The van der Waals surface area contributed by atoms with Gasteiger partial charge in [-0.3, -0.25) is 0 Å². The van der Waals surface area contributed by atoms with Gasteiger partial charge >= 0.3 is 66.6 Å². The average molecular weight is 657 g/mol. The van der Waals surface area contributed by atoms with Crippen LogP contribution in [0, 0.1) is 0 Å². The minimum Gasteiger partial charge on any atom is -0.199 e. The first-order valence-corrected chi connectivity index (χ1v) is 11.4. The van der Waals surface area contributed by atoms with Crippen molar-refractivity contribution in [1.29, 1.82) is 0 Å². The van der Waals surface area contributed by atoms with Crippen LogP contribution in [0.5, 0.6) is 0 Å². The van der Waals surface area contributed by atoms with E-state index in [4.69, 9.17) is 0 Å². The highest BCUT2D eigenvalue weighted by Gasteiger charge is 2.89. The third kappa shape index (κ3) is 4.61. The summed E-state index contributed by atoms with van der Waals surface area (Å²) in [7, 11) is -17.8. The predicted molar refractivity (Wildman–Crippen MR) is 88.6 cm³/mol. The van der Waals surface area contributed by atoms with Crippen LogP contribution in [0.2, 0.25) is 0 Å². The summed E-state index contributed by atoms with van der Waals surface area (Å²) >= 11 is 0. The van der Waals surface area contributed by atoms with E-state index in [1.807, 2.05) is 0 Å². The van der Waals surface area contributed by atoms with E-state index in [0.717, 1.165) is 0 Å². The van der Waals surface area contributed by atoms with E-state index in [2.05, 4.69) is 0 Å². The first kappa shape index (κ1) is 34.7. The molecular formula is C14H5F18NO4S2. The van der Waals surface area contributed by atoms with Crippen LogP contribution in [0.25, 0.3) is 0 Å². The lowest BCUT2D eigenvalue weighted by atomic mass is 10.1. The molecule has 39 heavy (non-hydrogen) atoms. The summed E-state index contributed by atoms with van der Waals surface area (Å²) in [5.41, 5.74) is -2.55. The van der Waals surface area contributed by atoms with Crippen molar-refractivity contribution >= 4 is 25.7 Å². The Morgan fingerprint density at radius 3 is 0.923 bits per heavy atom. The molecule has 0 aliphatic carbocycles. The second kappa shape index (κ2) is 9.09. The van der Waals surface area contributed by atoms with Gasteiger partial charge in [0.15, 0.2) is 0 Å². The van der Waals surface area contributed by atoms with E-state index in [0.29, 0.717) is 6.07 Å². The van der Waals surface area contributed by atoms with Crippen LogP contribution >= 0.6 is 0 Å². The smallest absolute Gasteiger partial charge is 0.199 e. The van der Waals surface area contributed by atoms with Crippen LogP contribution in [0.4, 0.5) is 84.7 Å². The van der Waals surface area contributed by atoms with Crippen molar-refractivity contribution in [2.24, 2.45) is 0 Å². The van der Waals surface area contributed by atoms with Crippen LogP contribution in [0.15, 0.2) is 30.3 Å². The highest BCUT2D eigenvalue weighted by Crippen LogP contribution is 2.59. The molecule has 0 aliphatic heterocycles. The van der Waals surface area contributed by atoms with E-state index < -0.39 is 88.1 Å². The number of hydrogen-bond acceptors (Lipinski definition) is 4. The molecule has 0 unspecified atom stereocenters. The lowest BCUT2D eigenvalue weighted by Gasteiger charge is -2.38. The van der Waals surface area contributed by atoms with Gasteiger partial charge in [-0.25, -0.2) is 0 Å². The maximum Gasteiger partial charge on any atom is 0.460 e. The van der Waals surface area contributed by atoms with Crippen LogP contribution in [0.3, 0.4) is 0 Å². The molecule has 1 rings (SSSR count). The van der Waals surface area contributed by atoms with Crippen LogP contribution in [0.1, 0.15) is 0 Å². The molecular weight excluding hydrogens is 652 g/mol. The van der Waals surface area contributed by atoms with Crippen molar-refractivity contribution in [3.63, 3.8) is 0 Å². The van der Waals surface area contributed by atoms with E-state index in [1.54, 1.807) is 0 Å². The summed E-state index contributed by atoms with van der Waals surface area (Å²) in [5, 5.41) is -16.5. The molecule has 1 aromatic rings. The molecule has 0 aliphatic rings. The monoisotopic (exact) mass is 657 g/mol. The SMILES string of the molecule is O=S(=O)(N(c1ccccc1)S(=O)(=O)C(F)(F)C(F)(F)C(F)(F)C(F)(F)F)C(F)(F)C(F)(F)C(F)(F)C(F)(F)F. The number of anilines is 1. The van der Waals surface area contributed by atoms with Gasteiger partial charge in [-0.2, -0.15) is 99.6 Å². The predicted octanol–water partition coefficient (Wildman–Crippen LogP) is 6.00. The Balaban J connectivity index is 4.19. The van der Waals surface area contributed by atoms with E-state index in [1.165, 1.54) is 0 Å². The molecule has 0 atom stereocenters. The Bertz CT molecular complexity index is 1190. The molecule has 0 bridgehead atoms. The number of nitrogens with zero attached hydrogens (tertiary/aromatic N) is 1. The number of rotatable bonds is 9. The number of hydrogen-bond donors (Lipinski definition) is 0. The molecule has 0 amide bonds. The van der Waals surface area contributed by atoms with Gasteiger partial charge in [0, 0.05) is 0 Å². The minimum atomic E-state index is -8.89. The molecule has 0 heterocycles. The van der Waals surface area contributed by atoms with Crippen molar-refractivity contribution in [3.8, 4) is 0 Å². The van der Waals surface area contributed by atoms with Gasteiger partial charge in [-0.15, -0.1) is 0 Å². The number of halogens is 18. The highest BCUT2D eigenvalue weighted by molar-refractivity contribution is 8.11. The summed E-state index contributed by atoms with van der Waals surface area (Å²) in [5.74, 6) is -33.1. The molecule has 0 saturated carbocycles. The zero-order valence-corrected chi connectivity index (χ0v) is 18.7. The average Bonchev–Trinajstić information content (AvgIpc) is 2.71. The van der Waals surface area contributed by atoms with Crippen molar-refractivity contribution in [2.75, 3.05) is 3.71 Å². The standard InChI is InChI=1S/C14H5F18NO4S2/c15-7(16,11(23,24)25)9(19,20)13(29,30)38(34,35)33(6-4-2-1-3-5-6)39(36,37)14(31,32)10(21,22)8(17,18)12(26,27)28/h1-5H. The zero-order valence-electron chi connectivity index (χ0n) is 17.1. The molecule has 0 spiro atoms. The molecule has 0 saturated heterocycles. The quantitative estimate of drug-likeness (QED) is 0.306. The molecule has 1 aromatic carbocycles. The summed E-state index contributed by atoms with van der Waals surface area (Å²) in [6.07, 6.45) is -15.6. The molecule has 5 nitrogen and oxygen atoms in total. The fourth-order valence-corrected chi connectivity index (χ4v) is 5.92. The van der Waals surface area contributed by atoms with Crippen molar-refractivity contribution in [2.45, 2.75) is 46.6 Å². The Morgan fingerprint density at radius 2 is 0.692 bits per heavy atom. The lowest BCUT2D eigenvalue weighted by Crippen LogP contribution is -2.69. The molecule has 228 valence electrons.